The third-order valence-corrected chi connectivity index (χ3v) is 4.57. The summed E-state index contributed by atoms with van der Waals surface area (Å²) in [7, 11) is 0. The maximum absolute atomic E-state index is 12.0. The maximum atomic E-state index is 12.0. The number of hydrogen-bond acceptors (Lipinski definition) is 5. The summed E-state index contributed by atoms with van der Waals surface area (Å²) in [5, 5.41) is 3.09. The number of rotatable bonds is 4. The molecule has 1 aromatic heterocycles. The number of aryl methyl sites for hydroxylation is 1. The van der Waals surface area contributed by atoms with Crippen LogP contribution >= 0.6 is 0 Å². The van der Waals surface area contributed by atoms with Crippen LogP contribution in [0.4, 0.5) is 5.82 Å². The predicted octanol–water partition coefficient (Wildman–Crippen LogP) is 1.15. The Hall–Kier alpha value is -1.69. The van der Waals surface area contributed by atoms with Crippen LogP contribution in [-0.4, -0.2) is 48.7 Å². The molecule has 1 atom stereocenters. The highest BCUT2D eigenvalue weighted by Gasteiger charge is 2.25. The van der Waals surface area contributed by atoms with Gasteiger partial charge in [0.15, 0.2) is 0 Å². The highest BCUT2D eigenvalue weighted by Crippen LogP contribution is 2.21. The van der Waals surface area contributed by atoms with Gasteiger partial charge in [0.2, 0.25) is 5.91 Å². The van der Waals surface area contributed by atoms with Crippen molar-refractivity contribution >= 4 is 11.7 Å². The monoisotopic (exact) mass is 304 g/mol. The summed E-state index contributed by atoms with van der Waals surface area (Å²) in [5.41, 5.74) is 0. The van der Waals surface area contributed by atoms with Crippen LogP contribution in [0.5, 0.6) is 0 Å². The third kappa shape index (κ3) is 3.74. The van der Waals surface area contributed by atoms with Crippen LogP contribution in [-0.2, 0) is 9.53 Å². The summed E-state index contributed by atoms with van der Waals surface area (Å²) in [6.45, 7) is 5.98. The Morgan fingerprint density at radius 1 is 1.41 bits per heavy atom. The molecule has 3 rings (SSSR count). The molecule has 6 heteroatoms. The number of nitrogens with one attached hydrogen (secondary N) is 1. The van der Waals surface area contributed by atoms with Crippen molar-refractivity contribution in [2.45, 2.75) is 26.2 Å². The van der Waals surface area contributed by atoms with Gasteiger partial charge >= 0.3 is 0 Å². The minimum atomic E-state index is 0.0593. The maximum Gasteiger partial charge on any atom is 0.225 e. The molecule has 1 unspecified atom stereocenters. The van der Waals surface area contributed by atoms with Crippen LogP contribution in [0.1, 0.15) is 25.1 Å². The average molecular weight is 304 g/mol. The number of amides is 1. The Morgan fingerprint density at radius 2 is 2.23 bits per heavy atom. The quantitative estimate of drug-likeness (QED) is 0.904. The van der Waals surface area contributed by atoms with E-state index in [0.717, 1.165) is 57.1 Å². The van der Waals surface area contributed by atoms with Gasteiger partial charge in [-0.2, -0.15) is 0 Å². The molecule has 0 aromatic carbocycles. The highest BCUT2D eigenvalue weighted by atomic mass is 16.5. The summed E-state index contributed by atoms with van der Waals surface area (Å²) in [6, 6.07) is 1.97. The minimum absolute atomic E-state index is 0.0593. The van der Waals surface area contributed by atoms with Crippen LogP contribution in [0, 0.1) is 18.8 Å². The molecule has 0 radical (unpaired) electrons. The van der Waals surface area contributed by atoms with Gasteiger partial charge < -0.3 is 15.0 Å². The molecule has 0 spiro atoms. The van der Waals surface area contributed by atoms with Crippen LogP contribution in [0.15, 0.2) is 12.3 Å². The van der Waals surface area contributed by atoms with Crippen molar-refractivity contribution in [1.82, 2.24) is 15.3 Å². The Balaban J connectivity index is 1.43. The molecule has 1 N–H and O–H groups in total. The van der Waals surface area contributed by atoms with Gasteiger partial charge in [-0.25, -0.2) is 9.97 Å². The fraction of sp³-hybridized carbons (Fsp3) is 0.688. The lowest BCUT2D eigenvalue weighted by molar-refractivity contribution is -0.125. The van der Waals surface area contributed by atoms with E-state index >= 15 is 0 Å². The fourth-order valence-electron chi connectivity index (χ4n) is 3.12. The summed E-state index contributed by atoms with van der Waals surface area (Å²) >= 11 is 0. The van der Waals surface area contributed by atoms with Gasteiger partial charge in [0.1, 0.15) is 11.6 Å². The van der Waals surface area contributed by atoms with Crippen LogP contribution in [0.3, 0.4) is 0 Å². The lowest BCUT2D eigenvalue weighted by Gasteiger charge is -2.33. The van der Waals surface area contributed by atoms with Gasteiger partial charge in [0, 0.05) is 32.4 Å². The number of ether oxygens (including phenoxy) is 1. The van der Waals surface area contributed by atoms with E-state index in [4.69, 9.17) is 4.74 Å². The van der Waals surface area contributed by atoms with E-state index < -0.39 is 0 Å². The van der Waals surface area contributed by atoms with Gasteiger partial charge in [-0.15, -0.1) is 0 Å². The van der Waals surface area contributed by atoms with E-state index in [2.05, 4.69) is 20.2 Å². The van der Waals surface area contributed by atoms with E-state index in [-0.39, 0.29) is 11.8 Å². The van der Waals surface area contributed by atoms with Gasteiger partial charge in [0.25, 0.3) is 0 Å². The Kier molecular flexibility index (Phi) is 4.87. The van der Waals surface area contributed by atoms with Crippen molar-refractivity contribution in [3.05, 3.63) is 18.1 Å². The topological polar surface area (TPSA) is 67.4 Å². The summed E-state index contributed by atoms with van der Waals surface area (Å²) in [6.07, 6.45) is 4.85. The second-order valence-corrected chi connectivity index (χ2v) is 6.20. The van der Waals surface area contributed by atoms with Crippen molar-refractivity contribution in [3.63, 3.8) is 0 Å². The molecule has 6 nitrogen and oxygen atoms in total. The van der Waals surface area contributed by atoms with Crippen LogP contribution < -0.4 is 10.2 Å². The molecule has 1 amide bonds. The molecule has 120 valence electrons. The molecule has 2 aliphatic rings. The molecule has 2 fully saturated rings. The lowest BCUT2D eigenvalue weighted by atomic mass is 9.96. The molecular formula is C16H24N4O2. The first-order valence-corrected chi connectivity index (χ1v) is 8.12. The number of carbonyl (C=O) groups excluding carboxylic acids is 1. The zero-order valence-corrected chi connectivity index (χ0v) is 13.1. The molecule has 22 heavy (non-hydrogen) atoms. The fourth-order valence-corrected chi connectivity index (χ4v) is 3.12. The normalized spacial score (nSPS) is 22.8. The first kappa shape index (κ1) is 15.2. The zero-order chi connectivity index (χ0) is 15.4. The second-order valence-electron chi connectivity index (χ2n) is 6.20. The zero-order valence-electron chi connectivity index (χ0n) is 13.1. The Morgan fingerprint density at radius 3 is 2.91 bits per heavy atom. The predicted molar refractivity (Wildman–Crippen MR) is 83.6 cm³/mol. The van der Waals surface area contributed by atoms with Crippen molar-refractivity contribution in [2.24, 2.45) is 11.8 Å². The molecule has 1 aromatic rings. The van der Waals surface area contributed by atoms with Gasteiger partial charge in [0.05, 0.1) is 12.5 Å². The van der Waals surface area contributed by atoms with E-state index in [1.165, 1.54) is 0 Å². The van der Waals surface area contributed by atoms with Crippen LogP contribution in [0.25, 0.3) is 0 Å². The number of carbonyl (C=O) groups is 1. The van der Waals surface area contributed by atoms with Gasteiger partial charge in [-0.05, 0) is 38.2 Å². The summed E-state index contributed by atoms with van der Waals surface area (Å²) < 4.78 is 5.26. The minimum Gasteiger partial charge on any atom is -0.381 e. The molecule has 0 aliphatic carbocycles. The highest BCUT2D eigenvalue weighted by molar-refractivity contribution is 5.78. The van der Waals surface area contributed by atoms with E-state index in [9.17, 15) is 4.79 Å². The largest absolute Gasteiger partial charge is 0.381 e. The lowest BCUT2D eigenvalue weighted by Crippen LogP contribution is -2.40. The van der Waals surface area contributed by atoms with Crippen molar-refractivity contribution in [1.29, 1.82) is 0 Å². The Labute approximate surface area is 131 Å². The van der Waals surface area contributed by atoms with Gasteiger partial charge in [-0.1, -0.05) is 0 Å². The van der Waals surface area contributed by atoms with E-state index in [0.29, 0.717) is 12.5 Å². The van der Waals surface area contributed by atoms with Crippen molar-refractivity contribution in [2.75, 3.05) is 37.7 Å². The number of hydrogen-bond donors (Lipinski definition) is 1. The smallest absolute Gasteiger partial charge is 0.225 e. The van der Waals surface area contributed by atoms with Crippen LogP contribution in [0.2, 0.25) is 0 Å². The van der Waals surface area contributed by atoms with Crippen molar-refractivity contribution in [3.8, 4) is 0 Å². The number of nitrogens with zero attached hydrogens (tertiary/aromatic N) is 3. The first-order valence-electron chi connectivity index (χ1n) is 8.12. The molecule has 0 bridgehead atoms. The molecule has 3 heterocycles. The molecular weight excluding hydrogens is 280 g/mol. The van der Waals surface area contributed by atoms with Crippen molar-refractivity contribution < 1.29 is 9.53 Å². The number of aromatic nitrogens is 2. The number of anilines is 1. The second kappa shape index (κ2) is 7.05. The summed E-state index contributed by atoms with van der Waals surface area (Å²) in [4.78, 5) is 22.9. The summed E-state index contributed by atoms with van der Waals surface area (Å²) in [5.74, 6) is 2.60. The Bertz CT molecular complexity index is 509. The molecule has 2 aliphatic heterocycles. The number of piperidine rings is 1. The average Bonchev–Trinajstić information content (AvgIpc) is 3.08. The van der Waals surface area contributed by atoms with E-state index in [1.807, 2.05) is 19.2 Å². The molecule has 2 saturated heterocycles. The molecule has 0 saturated carbocycles. The third-order valence-electron chi connectivity index (χ3n) is 4.57. The van der Waals surface area contributed by atoms with E-state index in [1.54, 1.807) is 0 Å². The standard InChI is InChI=1S/C16H24N4O2/c1-12-17-6-2-15(19-12)20-7-3-13(4-8-20)10-18-16(21)14-5-9-22-11-14/h2,6,13-14H,3-5,7-11H2,1H3,(H,18,21). The van der Waals surface area contributed by atoms with Gasteiger partial charge in [-0.3, -0.25) is 4.79 Å². The first-order chi connectivity index (χ1) is 10.7. The SMILES string of the molecule is Cc1nccc(N2CCC(CNC(=O)C3CCOC3)CC2)n1.